The minimum absolute atomic E-state index is 0.237. The molecule has 0 unspecified atom stereocenters. The van der Waals surface area contributed by atoms with Crippen molar-refractivity contribution in [2.45, 2.75) is 38.8 Å². The molecule has 23 heavy (non-hydrogen) atoms. The van der Waals surface area contributed by atoms with Crippen LogP contribution in [0.2, 0.25) is 0 Å². The van der Waals surface area contributed by atoms with Crippen LogP contribution in [0.25, 0.3) is 10.9 Å². The Morgan fingerprint density at radius 3 is 2.87 bits per heavy atom. The summed E-state index contributed by atoms with van der Waals surface area (Å²) in [5.41, 5.74) is 3.52. The first kappa shape index (κ1) is 14.8. The van der Waals surface area contributed by atoms with Crippen LogP contribution in [0, 0.1) is 13.8 Å². The highest BCUT2D eigenvalue weighted by molar-refractivity contribution is 5.89. The molecule has 0 bridgehead atoms. The topological polar surface area (TPSA) is 50.3 Å². The summed E-state index contributed by atoms with van der Waals surface area (Å²) in [7, 11) is 0. The molecule has 1 atom stereocenters. The van der Waals surface area contributed by atoms with E-state index < -0.39 is 0 Å². The van der Waals surface area contributed by atoms with Crippen LogP contribution in [0.5, 0.6) is 0 Å². The summed E-state index contributed by atoms with van der Waals surface area (Å²) >= 11 is 0. The Balaban J connectivity index is 1.48. The predicted molar refractivity (Wildman–Crippen MR) is 91.8 cm³/mol. The van der Waals surface area contributed by atoms with Crippen LogP contribution in [0.3, 0.4) is 0 Å². The second kappa shape index (κ2) is 6.06. The Morgan fingerprint density at radius 1 is 1.22 bits per heavy atom. The molecule has 122 valence electrons. The number of aromatic nitrogens is 2. The third-order valence-electron chi connectivity index (χ3n) is 4.98. The summed E-state index contributed by atoms with van der Waals surface area (Å²) in [6, 6.07) is 5.11. The van der Waals surface area contributed by atoms with Crippen molar-refractivity contribution < 1.29 is 4.74 Å². The Kier molecular flexibility index (Phi) is 3.91. The number of hydrogen-bond donors (Lipinski definition) is 1. The van der Waals surface area contributed by atoms with Gasteiger partial charge in [0.05, 0.1) is 18.2 Å². The highest BCUT2D eigenvalue weighted by Crippen LogP contribution is 2.28. The highest BCUT2D eigenvalue weighted by atomic mass is 16.5. The van der Waals surface area contributed by atoms with Crippen molar-refractivity contribution in [3.63, 3.8) is 0 Å². The first-order chi connectivity index (χ1) is 11.2. The molecule has 4 rings (SSSR count). The third-order valence-corrected chi connectivity index (χ3v) is 4.98. The van der Waals surface area contributed by atoms with Gasteiger partial charge in [0.1, 0.15) is 12.1 Å². The number of nitrogens with zero attached hydrogens (tertiary/aromatic N) is 3. The van der Waals surface area contributed by atoms with E-state index in [4.69, 9.17) is 4.74 Å². The maximum Gasteiger partial charge on any atom is 0.137 e. The Hall–Kier alpha value is -1.72. The van der Waals surface area contributed by atoms with Gasteiger partial charge >= 0.3 is 0 Å². The molecule has 2 aliphatic rings. The largest absolute Gasteiger partial charge is 0.374 e. The molecule has 0 amide bonds. The number of fused-ring (bicyclic) bond motifs is 1. The molecule has 0 radical (unpaired) electrons. The lowest BCUT2D eigenvalue weighted by molar-refractivity contribution is -0.0241. The van der Waals surface area contributed by atoms with E-state index in [1.165, 1.54) is 24.0 Å². The number of rotatable bonds is 4. The van der Waals surface area contributed by atoms with Crippen molar-refractivity contribution >= 4 is 16.7 Å². The Bertz CT molecular complexity index is 713. The molecule has 1 aliphatic heterocycles. The monoisotopic (exact) mass is 312 g/mol. The zero-order chi connectivity index (χ0) is 15.8. The molecule has 5 nitrogen and oxygen atoms in total. The van der Waals surface area contributed by atoms with Gasteiger partial charge < -0.3 is 10.1 Å². The highest BCUT2D eigenvalue weighted by Gasteiger charge is 2.32. The number of anilines is 1. The number of nitrogens with one attached hydrogen (secondary N) is 1. The maximum absolute atomic E-state index is 5.92. The fraction of sp³-hybridized carbons (Fsp3) is 0.556. The molecule has 1 aromatic heterocycles. The Labute approximate surface area is 137 Å². The number of ether oxygens (including phenoxy) is 1. The van der Waals surface area contributed by atoms with Gasteiger partial charge in [-0.1, -0.05) is 0 Å². The SMILES string of the molecule is Cc1cc2ncnc(NC[C@@H]3CN(C4CC4)CCO3)c2cc1C. The van der Waals surface area contributed by atoms with Gasteiger partial charge in [0.2, 0.25) is 0 Å². The van der Waals surface area contributed by atoms with Crippen LogP contribution in [-0.2, 0) is 4.74 Å². The maximum atomic E-state index is 5.92. The predicted octanol–water partition coefficient (Wildman–Crippen LogP) is 2.52. The minimum Gasteiger partial charge on any atom is -0.374 e. The van der Waals surface area contributed by atoms with Gasteiger partial charge in [0, 0.05) is 31.1 Å². The van der Waals surface area contributed by atoms with Crippen molar-refractivity contribution in [1.82, 2.24) is 14.9 Å². The van der Waals surface area contributed by atoms with E-state index in [0.717, 1.165) is 49.0 Å². The lowest BCUT2D eigenvalue weighted by atomic mass is 10.1. The van der Waals surface area contributed by atoms with Crippen LogP contribution in [-0.4, -0.2) is 53.3 Å². The summed E-state index contributed by atoms with van der Waals surface area (Å²) < 4.78 is 5.92. The van der Waals surface area contributed by atoms with Gasteiger partial charge in [-0.05, 0) is 49.9 Å². The van der Waals surface area contributed by atoms with Crippen LogP contribution in [0.15, 0.2) is 18.5 Å². The first-order valence-corrected chi connectivity index (χ1v) is 8.52. The molecule has 2 aromatic rings. The number of aryl methyl sites for hydroxylation is 2. The lowest BCUT2D eigenvalue weighted by Crippen LogP contribution is -2.46. The van der Waals surface area contributed by atoms with E-state index in [1.54, 1.807) is 6.33 Å². The van der Waals surface area contributed by atoms with E-state index in [-0.39, 0.29) is 6.10 Å². The third kappa shape index (κ3) is 3.16. The van der Waals surface area contributed by atoms with Gasteiger partial charge in [-0.3, -0.25) is 4.90 Å². The molecule has 1 saturated carbocycles. The molecule has 1 N–H and O–H groups in total. The fourth-order valence-electron chi connectivity index (χ4n) is 3.30. The standard InChI is InChI=1S/C18H24N4O/c1-12-7-16-17(8-13(12)2)20-11-21-18(16)19-9-15-10-22(5-6-23-15)14-3-4-14/h7-8,11,14-15H,3-6,9-10H2,1-2H3,(H,19,20,21)/t15-/m1/s1. The van der Waals surface area contributed by atoms with Gasteiger partial charge in [-0.15, -0.1) is 0 Å². The quantitative estimate of drug-likeness (QED) is 0.940. The molecule has 1 saturated heterocycles. The van der Waals surface area contributed by atoms with E-state index in [2.05, 4.69) is 46.2 Å². The van der Waals surface area contributed by atoms with Crippen molar-refractivity contribution in [2.24, 2.45) is 0 Å². The van der Waals surface area contributed by atoms with Crippen LogP contribution >= 0.6 is 0 Å². The average Bonchev–Trinajstić information content (AvgIpc) is 3.39. The van der Waals surface area contributed by atoms with E-state index in [0.29, 0.717) is 0 Å². The molecular formula is C18H24N4O. The van der Waals surface area contributed by atoms with Crippen LogP contribution in [0.4, 0.5) is 5.82 Å². The number of morpholine rings is 1. The molecular weight excluding hydrogens is 288 g/mol. The van der Waals surface area contributed by atoms with Gasteiger partial charge in [0.25, 0.3) is 0 Å². The molecule has 0 spiro atoms. The van der Waals surface area contributed by atoms with Crippen molar-refractivity contribution in [2.75, 3.05) is 31.6 Å². The molecule has 1 aromatic carbocycles. The second-order valence-corrected chi connectivity index (χ2v) is 6.78. The lowest BCUT2D eigenvalue weighted by Gasteiger charge is -2.33. The van der Waals surface area contributed by atoms with E-state index >= 15 is 0 Å². The zero-order valence-corrected chi connectivity index (χ0v) is 13.9. The summed E-state index contributed by atoms with van der Waals surface area (Å²) in [4.78, 5) is 11.4. The minimum atomic E-state index is 0.237. The van der Waals surface area contributed by atoms with E-state index in [9.17, 15) is 0 Å². The zero-order valence-electron chi connectivity index (χ0n) is 13.9. The van der Waals surface area contributed by atoms with Crippen LogP contribution < -0.4 is 5.32 Å². The van der Waals surface area contributed by atoms with E-state index in [1.807, 2.05) is 0 Å². The normalized spacial score (nSPS) is 22.4. The summed E-state index contributed by atoms with van der Waals surface area (Å²) in [6.45, 7) is 7.98. The van der Waals surface area contributed by atoms with Gasteiger partial charge in [0.15, 0.2) is 0 Å². The average molecular weight is 312 g/mol. The fourth-order valence-corrected chi connectivity index (χ4v) is 3.30. The first-order valence-electron chi connectivity index (χ1n) is 8.52. The van der Waals surface area contributed by atoms with Crippen molar-refractivity contribution in [3.8, 4) is 0 Å². The number of benzene rings is 1. The van der Waals surface area contributed by atoms with Gasteiger partial charge in [-0.2, -0.15) is 0 Å². The Morgan fingerprint density at radius 2 is 2.04 bits per heavy atom. The smallest absolute Gasteiger partial charge is 0.137 e. The summed E-state index contributed by atoms with van der Waals surface area (Å²) in [5, 5.41) is 4.57. The van der Waals surface area contributed by atoms with Crippen LogP contribution in [0.1, 0.15) is 24.0 Å². The summed E-state index contributed by atoms with van der Waals surface area (Å²) in [6.07, 6.45) is 4.59. The summed E-state index contributed by atoms with van der Waals surface area (Å²) in [5.74, 6) is 0.908. The molecule has 1 aliphatic carbocycles. The second-order valence-electron chi connectivity index (χ2n) is 6.78. The molecule has 2 fully saturated rings. The van der Waals surface area contributed by atoms with Crippen molar-refractivity contribution in [3.05, 3.63) is 29.6 Å². The van der Waals surface area contributed by atoms with Gasteiger partial charge in [-0.25, -0.2) is 9.97 Å². The molecule has 5 heteroatoms. The molecule has 2 heterocycles. The number of hydrogen-bond acceptors (Lipinski definition) is 5. The van der Waals surface area contributed by atoms with Crippen molar-refractivity contribution in [1.29, 1.82) is 0 Å².